The van der Waals surface area contributed by atoms with E-state index in [1.807, 2.05) is 54.6 Å². The maximum Gasteiger partial charge on any atom is 0.416 e. The van der Waals surface area contributed by atoms with Crippen LogP contribution >= 0.6 is 12.2 Å². The SMILES string of the molecule is FC(F)(F)c1ccc(NC(=S)Nc2ccc(-c3ccccc3)cc2)cc1. The van der Waals surface area contributed by atoms with Gasteiger partial charge in [0, 0.05) is 11.4 Å². The van der Waals surface area contributed by atoms with Crippen molar-refractivity contribution in [1.29, 1.82) is 0 Å². The van der Waals surface area contributed by atoms with E-state index in [-0.39, 0.29) is 0 Å². The monoisotopic (exact) mass is 372 g/mol. The van der Waals surface area contributed by atoms with Crippen LogP contribution in [0.1, 0.15) is 5.56 Å². The minimum Gasteiger partial charge on any atom is -0.332 e. The smallest absolute Gasteiger partial charge is 0.332 e. The Morgan fingerprint density at radius 2 is 1.12 bits per heavy atom. The van der Waals surface area contributed by atoms with E-state index in [0.29, 0.717) is 10.8 Å². The topological polar surface area (TPSA) is 24.1 Å². The Bertz CT molecular complexity index is 874. The van der Waals surface area contributed by atoms with Crippen LogP contribution in [0.25, 0.3) is 11.1 Å². The van der Waals surface area contributed by atoms with Gasteiger partial charge < -0.3 is 10.6 Å². The van der Waals surface area contributed by atoms with E-state index in [1.165, 1.54) is 12.1 Å². The number of thiocarbonyl (C=S) groups is 1. The lowest BCUT2D eigenvalue weighted by atomic mass is 10.1. The Balaban J connectivity index is 1.61. The molecule has 0 saturated heterocycles. The van der Waals surface area contributed by atoms with E-state index in [0.717, 1.165) is 28.9 Å². The quantitative estimate of drug-likeness (QED) is 0.537. The lowest BCUT2D eigenvalue weighted by Gasteiger charge is -2.12. The minimum atomic E-state index is -4.35. The summed E-state index contributed by atoms with van der Waals surface area (Å²) in [5.74, 6) is 0. The predicted octanol–water partition coefficient (Wildman–Crippen LogP) is 6.18. The van der Waals surface area contributed by atoms with Gasteiger partial charge >= 0.3 is 6.18 Å². The van der Waals surface area contributed by atoms with E-state index in [9.17, 15) is 13.2 Å². The van der Waals surface area contributed by atoms with Gasteiger partial charge in [0.25, 0.3) is 0 Å². The molecule has 0 unspecified atom stereocenters. The first-order valence-corrected chi connectivity index (χ1v) is 8.23. The van der Waals surface area contributed by atoms with E-state index in [2.05, 4.69) is 10.6 Å². The second-order valence-electron chi connectivity index (χ2n) is 5.60. The summed E-state index contributed by atoms with van der Waals surface area (Å²) in [6.45, 7) is 0. The Morgan fingerprint density at radius 3 is 1.62 bits per heavy atom. The normalized spacial score (nSPS) is 11.0. The Morgan fingerprint density at radius 1 is 0.654 bits per heavy atom. The largest absolute Gasteiger partial charge is 0.416 e. The molecule has 6 heteroatoms. The van der Waals surface area contributed by atoms with Crippen molar-refractivity contribution in [2.75, 3.05) is 10.6 Å². The van der Waals surface area contributed by atoms with Gasteiger partial charge in [0.05, 0.1) is 5.56 Å². The number of rotatable bonds is 3. The standard InChI is InChI=1S/C20H15F3N2S/c21-20(22,23)16-8-12-18(13-9-16)25-19(26)24-17-10-6-15(7-11-17)14-4-2-1-3-5-14/h1-13H,(H2,24,25,26). The molecule has 0 amide bonds. The molecule has 132 valence electrons. The van der Waals surface area contributed by atoms with Gasteiger partial charge in [0.2, 0.25) is 0 Å². The molecule has 0 aliphatic rings. The summed E-state index contributed by atoms with van der Waals surface area (Å²) in [5.41, 5.74) is 2.77. The molecule has 0 aliphatic heterocycles. The molecular weight excluding hydrogens is 357 g/mol. The molecule has 3 aromatic carbocycles. The molecule has 3 aromatic rings. The van der Waals surface area contributed by atoms with Gasteiger partial charge in [-0.25, -0.2) is 0 Å². The van der Waals surface area contributed by atoms with E-state index in [1.54, 1.807) is 0 Å². The van der Waals surface area contributed by atoms with E-state index >= 15 is 0 Å². The van der Waals surface area contributed by atoms with E-state index < -0.39 is 11.7 Å². The number of halogens is 3. The molecule has 0 radical (unpaired) electrons. The zero-order chi connectivity index (χ0) is 18.6. The van der Waals surface area contributed by atoms with Crippen molar-refractivity contribution in [2.45, 2.75) is 6.18 Å². The zero-order valence-corrected chi connectivity index (χ0v) is 14.4. The molecule has 0 saturated carbocycles. The Kier molecular flexibility index (Phi) is 5.23. The van der Waals surface area contributed by atoms with Crippen LogP contribution in [-0.2, 0) is 6.18 Å². The van der Waals surface area contributed by atoms with Crippen molar-refractivity contribution >= 4 is 28.7 Å². The van der Waals surface area contributed by atoms with Gasteiger partial charge in [-0.1, -0.05) is 42.5 Å². The van der Waals surface area contributed by atoms with Crippen LogP contribution in [0.4, 0.5) is 24.5 Å². The number of alkyl halides is 3. The van der Waals surface area contributed by atoms with Crippen LogP contribution in [0.2, 0.25) is 0 Å². The predicted molar refractivity (Wildman–Crippen MR) is 103 cm³/mol. The number of benzene rings is 3. The highest BCUT2D eigenvalue weighted by atomic mass is 32.1. The van der Waals surface area contributed by atoms with Crippen molar-refractivity contribution in [3.8, 4) is 11.1 Å². The lowest BCUT2D eigenvalue weighted by molar-refractivity contribution is -0.137. The number of hydrogen-bond donors (Lipinski definition) is 2. The number of nitrogens with one attached hydrogen (secondary N) is 2. The average Bonchev–Trinajstić information content (AvgIpc) is 2.63. The summed E-state index contributed by atoms with van der Waals surface area (Å²) in [4.78, 5) is 0. The van der Waals surface area contributed by atoms with Crippen LogP contribution in [0.3, 0.4) is 0 Å². The second kappa shape index (κ2) is 7.58. The third kappa shape index (κ3) is 4.61. The van der Waals surface area contributed by atoms with Gasteiger partial charge in [0.1, 0.15) is 0 Å². The Labute approximate surface area is 154 Å². The minimum absolute atomic E-state index is 0.303. The molecule has 0 heterocycles. The highest BCUT2D eigenvalue weighted by Crippen LogP contribution is 2.29. The summed E-state index contributed by atoms with van der Waals surface area (Å²) in [6.07, 6.45) is -4.35. The molecule has 0 spiro atoms. The average molecular weight is 372 g/mol. The van der Waals surface area contributed by atoms with Crippen molar-refractivity contribution in [3.63, 3.8) is 0 Å². The molecule has 0 aliphatic carbocycles. The zero-order valence-electron chi connectivity index (χ0n) is 13.5. The van der Waals surface area contributed by atoms with E-state index in [4.69, 9.17) is 12.2 Å². The van der Waals surface area contributed by atoms with Gasteiger partial charge in [-0.3, -0.25) is 0 Å². The lowest BCUT2D eigenvalue weighted by Crippen LogP contribution is -2.19. The van der Waals surface area contributed by atoms with Crippen LogP contribution < -0.4 is 10.6 Å². The van der Waals surface area contributed by atoms with Crippen molar-refractivity contribution in [3.05, 3.63) is 84.4 Å². The summed E-state index contributed by atoms with van der Waals surface area (Å²) >= 11 is 5.21. The first kappa shape index (κ1) is 17.9. The third-order valence-electron chi connectivity index (χ3n) is 3.72. The first-order chi connectivity index (χ1) is 12.4. The highest BCUT2D eigenvalue weighted by Gasteiger charge is 2.29. The molecule has 0 fully saturated rings. The van der Waals surface area contributed by atoms with Crippen LogP contribution in [0.15, 0.2) is 78.9 Å². The van der Waals surface area contributed by atoms with Crippen LogP contribution in [0.5, 0.6) is 0 Å². The van der Waals surface area contributed by atoms with Crippen LogP contribution in [0, 0.1) is 0 Å². The molecule has 2 N–H and O–H groups in total. The third-order valence-corrected chi connectivity index (χ3v) is 3.92. The summed E-state index contributed by atoms with van der Waals surface area (Å²) in [5, 5.41) is 6.18. The number of hydrogen-bond acceptors (Lipinski definition) is 1. The first-order valence-electron chi connectivity index (χ1n) is 7.82. The summed E-state index contributed by atoms with van der Waals surface area (Å²) < 4.78 is 37.7. The maximum absolute atomic E-state index is 12.6. The molecule has 0 aromatic heterocycles. The molecule has 26 heavy (non-hydrogen) atoms. The van der Waals surface area contributed by atoms with Crippen molar-refractivity contribution < 1.29 is 13.2 Å². The molecule has 3 rings (SSSR count). The molecule has 0 bridgehead atoms. The molecule has 0 atom stereocenters. The van der Waals surface area contributed by atoms with Crippen molar-refractivity contribution in [1.82, 2.24) is 0 Å². The van der Waals surface area contributed by atoms with Gasteiger partial charge in [0.15, 0.2) is 5.11 Å². The van der Waals surface area contributed by atoms with Crippen LogP contribution in [-0.4, -0.2) is 5.11 Å². The van der Waals surface area contributed by atoms with Gasteiger partial charge in [-0.15, -0.1) is 0 Å². The Hall–Kier alpha value is -2.86. The molecular formula is C20H15F3N2S. The van der Waals surface area contributed by atoms with Gasteiger partial charge in [-0.2, -0.15) is 13.2 Å². The second-order valence-corrected chi connectivity index (χ2v) is 6.01. The number of anilines is 2. The fourth-order valence-corrected chi connectivity index (χ4v) is 2.65. The fraction of sp³-hybridized carbons (Fsp3) is 0.0500. The summed E-state index contributed by atoms with van der Waals surface area (Å²) in [6, 6.07) is 22.4. The maximum atomic E-state index is 12.6. The molecule has 2 nitrogen and oxygen atoms in total. The van der Waals surface area contributed by atoms with Gasteiger partial charge in [-0.05, 0) is 59.7 Å². The summed E-state index contributed by atoms with van der Waals surface area (Å²) in [7, 11) is 0. The fourth-order valence-electron chi connectivity index (χ4n) is 2.41. The van der Waals surface area contributed by atoms with Crippen molar-refractivity contribution in [2.24, 2.45) is 0 Å². The highest BCUT2D eigenvalue weighted by molar-refractivity contribution is 7.80.